The summed E-state index contributed by atoms with van der Waals surface area (Å²) in [4.78, 5) is 22.5. The van der Waals surface area contributed by atoms with Gasteiger partial charge in [-0.05, 0) is 17.7 Å². The van der Waals surface area contributed by atoms with E-state index in [1.807, 2.05) is 0 Å². The number of primary amides is 1. The first-order valence-electron chi connectivity index (χ1n) is 6.73. The Hall–Kier alpha value is -2.58. The monoisotopic (exact) mass is 337 g/mol. The lowest BCUT2D eigenvalue weighted by Crippen LogP contribution is -2.32. The van der Waals surface area contributed by atoms with Crippen molar-refractivity contribution in [2.75, 3.05) is 11.9 Å². The number of nitrogens with zero attached hydrogens (tertiary/aromatic N) is 2. The molecule has 0 radical (unpaired) electrons. The van der Waals surface area contributed by atoms with Gasteiger partial charge in [-0.3, -0.25) is 9.48 Å². The summed E-state index contributed by atoms with van der Waals surface area (Å²) in [6, 6.07) is 6.24. The minimum absolute atomic E-state index is 0.0155. The van der Waals surface area contributed by atoms with Crippen LogP contribution in [0.15, 0.2) is 36.7 Å². The number of aromatic nitrogens is 2. The van der Waals surface area contributed by atoms with E-state index >= 15 is 0 Å². The van der Waals surface area contributed by atoms with Crippen molar-refractivity contribution in [1.82, 2.24) is 15.1 Å². The Morgan fingerprint density at radius 3 is 2.91 bits per heavy atom. The molecule has 5 N–H and O–H groups in total. The molecule has 23 heavy (non-hydrogen) atoms. The van der Waals surface area contributed by atoms with Crippen LogP contribution in [0, 0.1) is 0 Å². The molecular formula is C14H16ClN5O3. The molecule has 1 atom stereocenters. The van der Waals surface area contributed by atoms with Gasteiger partial charge in [-0.25, -0.2) is 4.79 Å². The number of rotatable bonds is 6. The maximum Gasteiger partial charge on any atom is 0.319 e. The molecule has 2 aromatic rings. The van der Waals surface area contributed by atoms with Gasteiger partial charge in [0.25, 0.3) is 0 Å². The van der Waals surface area contributed by atoms with Gasteiger partial charge in [0.15, 0.2) is 0 Å². The standard InChI is InChI=1S/C14H16ClN5O3/c15-10-3-1-2-9(4-10)12(21)6-17-14(23)19-11-5-18-20(7-11)8-13(16)22/h1-5,7,12,21H,6,8H2,(H2,16,22)(H2,17,19,23). The van der Waals surface area contributed by atoms with E-state index in [-0.39, 0.29) is 13.1 Å². The summed E-state index contributed by atoms with van der Waals surface area (Å²) in [6.45, 7) is -0.0572. The third-order valence-electron chi connectivity index (χ3n) is 2.90. The van der Waals surface area contributed by atoms with Crippen LogP contribution < -0.4 is 16.4 Å². The molecule has 1 unspecified atom stereocenters. The molecule has 1 aromatic carbocycles. The maximum absolute atomic E-state index is 11.8. The third kappa shape index (κ3) is 5.28. The van der Waals surface area contributed by atoms with Gasteiger partial charge in [0, 0.05) is 17.8 Å². The first kappa shape index (κ1) is 16.8. The molecule has 3 amide bonds. The van der Waals surface area contributed by atoms with Crippen molar-refractivity contribution in [2.24, 2.45) is 5.73 Å². The molecule has 9 heteroatoms. The van der Waals surface area contributed by atoms with Crippen molar-refractivity contribution >= 4 is 29.2 Å². The summed E-state index contributed by atoms with van der Waals surface area (Å²) in [6.07, 6.45) is 1.98. The molecule has 0 spiro atoms. The van der Waals surface area contributed by atoms with Crippen LogP contribution in [0.25, 0.3) is 0 Å². The molecule has 0 saturated carbocycles. The lowest BCUT2D eigenvalue weighted by molar-refractivity contribution is -0.118. The molecule has 0 bridgehead atoms. The van der Waals surface area contributed by atoms with Crippen molar-refractivity contribution in [3.05, 3.63) is 47.2 Å². The second-order valence-corrected chi connectivity index (χ2v) is 5.24. The molecule has 8 nitrogen and oxygen atoms in total. The fourth-order valence-corrected chi connectivity index (χ4v) is 2.07. The van der Waals surface area contributed by atoms with E-state index in [2.05, 4.69) is 15.7 Å². The highest BCUT2D eigenvalue weighted by Gasteiger charge is 2.10. The number of anilines is 1. The average Bonchev–Trinajstić information content (AvgIpc) is 2.91. The summed E-state index contributed by atoms with van der Waals surface area (Å²) < 4.78 is 1.30. The van der Waals surface area contributed by atoms with E-state index in [1.165, 1.54) is 17.1 Å². The van der Waals surface area contributed by atoms with Crippen LogP contribution >= 0.6 is 11.6 Å². The number of benzene rings is 1. The lowest BCUT2D eigenvalue weighted by Gasteiger charge is -2.12. The number of hydrogen-bond acceptors (Lipinski definition) is 4. The highest BCUT2D eigenvalue weighted by molar-refractivity contribution is 6.30. The summed E-state index contributed by atoms with van der Waals surface area (Å²) in [7, 11) is 0. The summed E-state index contributed by atoms with van der Waals surface area (Å²) in [5.74, 6) is -0.534. The van der Waals surface area contributed by atoms with Gasteiger partial charge >= 0.3 is 6.03 Å². The molecule has 0 aliphatic heterocycles. The van der Waals surface area contributed by atoms with Gasteiger partial charge in [-0.1, -0.05) is 23.7 Å². The van der Waals surface area contributed by atoms with E-state index in [0.29, 0.717) is 16.3 Å². The smallest absolute Gasteiger partial charge is 0.319 e. The van der Waals surface area contributed by atoms with Crippen molar-refractivity contribution in [1.29, 1.82) is 0 Å². The number of carbonyl (C=O) groups is 2. The minimum Gasteiger partial charge on any atom is -0.387 e. The molecular weight excluding hydrogens is 322 g/mol. The van der Waals surface area contributed by atoms with Crippen LogP contribution in [-0.2, 0) is 11.3 Å². The quantitative estimate of drug-likeness (QED) is 0.624. The lowest BCUT2D eigenvalue weighted by atomic mass is 10.1. The van der Waals surface area contributed by atoms with Gasteiger partial charge in [-0.15, -0.1) is 0 Å². The number of hydrogen-bond donors (Lipinski definition) is 4. The Bertz CT molecular complexity index is 703. The first-order chi connectivity index (χ1) is 10.9. The Labute approximate surface area is 137 Å². The van der Waals surface area contributed by atoms with Gasteiger partial charge in [0.05, 0.1) is 18.0 Å². The average molecular weight is 338 g/mol. The predicted octanol–water partition coefficient (Wildman–Crippen LogP) is 0.877. The van der Waals surface area contributed by atoms with E-state index in [0.717, 1.165) is 0 Å². The van der Waals surface area contributed by atoms with Gasteiger partial charge in [0.2, 0.25) is 5.91 Å². The highest BCUT2D eigenvalue weighted by Crippen LogP contribution is 2.17. The Kier molecular flexibility index (Phi) is 5.56. The van der Waals surface area contributed by atoms with Crippen LogP contribution in [0.3, 0.4) is 0 Å². The van der Waals surface area contributed by atoms with E-state index in [9.17, 15) is 14.7 Å². The first-order valence-corrected chi connectivity index (χ1v) is 7.11. The Balaban J connectivity index is 1.83. The second-order valence-electron chi connectivity index (χ2n) is 4.80. The van der Waals surface area contributed by atoms with Crippen molar-refractivity contribution < 1.29 is 14.7 Å². The molecule has 0 fully saturated rings. The Morgan fingerprint density at radius 2 is 2.22 bits per heavy atom. The van der Waals surface area contributed by atoms with Crippen LogP contribution in [0.1, 0.15) is 11.7 Å². The van der Waals surface area contributed by atoms with Crippen molar-refractivity contribution in [3.8, 4) is 0 Å². The fourth-order valence-electron chi connectivity index (χ4n) is 1.87. The number of nitrogens with one attached hydrogen (secondary N) is 2. The zero-order valence-electron chi connectivity index (χ0n) is 12.1. The SMILES string of the molecule is NC(=O)Cn1cc(NC(=O)NCC(O)c2cccc(Cl)c2)cn1. The number of aliphatic hydroxyl groups excluding tert-OH is 1. The van der Waals surface area contributed by atoms with E-state index in [4.69, 9.17) is 17.3 Å². The molecule has 0 aliphatic rings. The predicted molar refractivity (Wildman–Crippen MR) is 84.9 cm³/mol. The number of amides is 3. The summed E-state index contributed by atoms with van der Waals surface area (Å²) >= 11 is 5.84. The molecule has 1 aromatic heterocycles. The minimum atomic E-state index is -0.878. The van der Waals surface area contributed by atoms with Gasteiger partial charge < -0.3 is 21.5 Å². The highest BCUT2D eigenvalue weighted by atomic mass is 35.5. The van der Waals surface area contributed by atoms with Crippen molar-refractivity contribution in [2.45, 2.75) is 12.6 Å². The molecule has 122 valence electrons. The number of nitrogens with two attached hydrogens (primary N) is 1. The van der Waals surface area contributed by atoms with Crippen LogP contribution in [-0.4, -0.2) is 33.4 Å². The molecule has 0 saturated heterocycles. The fraction of sp³-hybridized carbons (Fsp3) is 0.214. The Morgan fingerprint density at radius 1 is 1.43 bits per heavy atom. The second kappa shape index (κ2) is 7.61. The molecule has 0 aliphatic carbocycles. The zero-order chi connectivity index (χ0) is 16.8. The number of carbonyl (C=O) groups excluding carboxylic acids is 2. The maximum atomic E-state index is 11.8. The number of aliphatic hydroxyl groups is 1. The van der Waals surface area contributed by atoms with Crippen LogP contribution in [0.5, 0.6) is 0 Å². The zero-order valence-corrected chi connectivity index (χ0v) is 12.8. The molecule has 2 rings (SSSR count). The van der Waals surface area contributed by atoms with Gasteiger partial charge in [0.1, 0.15) is 6.54 Å². The largest absolute Gasteiger partial charge is 0.387 e. The van der Waals surface area contributed by atoms with Crippen LogP contribution in [0.2, 0.25) is 5.02 Å². The molecule has 1 heterocycles. The third-order valence-corrected chi connectivity index (χ3v) is 3.13. The van der Waals surface area contributed by atoms with E-state index < -0.39 is 18.0 Å². The normalized spacial score (nSPS) is 11.7. The number of urea groups is 1. The van der Waals surface area contributed by atoms with Crippen LogP contribution in [0.4, 0.5) is 10.5 Å². The summed E-state index contributed by atoms with van der Waals surface area (Å²) in [5, 5.41) is 19.4. The van der Waals surface area contributed by atoms with Crippen molar-refractivity contribution in [3.63, 3.8) is 0 Å². The summed E-state index contributed by atoms with van der Waals surface area (Å²) in [5.41, 5.74) is 6.05. The van der Waals surface area contributed by atoms with Gasteiger partial charge in [-0.2, -0.15) is 5.10 Å². The topological polar surface area (TPSA) is 122 Å². The number of halogens is 1. The van der Waals surface area contributed by atoms with E-state index in [1.54, 1.807) is 24.3 Å².